The number of aliphatic hydroxyl groups is 1. The molecule has 0 aliphatic heterocycles. The van der Waals surface area contributed by atoms with Crippen LogP contribution in [0.2, 0.25) is 0 Å². The first-order chi connectivity index (χ1) is 4.20. The van der Waals surface area contributed by atoms with E-state index < -0.39 is 5.97 Å². The summed E-state index contributed by atoms with van der Waals surface area (Å²) in [5, 5.41) is 8.59. The van der Waals surface area contributed by atoms with Crippen molar-refractivity contribution < 1.29 is 14.6 Å². The van der Waals surface area contributed by atoms with Crippen molar-refractivity contribution >= 4 is 17.6 Å². The maximum absolute atomic E-state index is 10.3. The van der Waals surface area contributed by atoms with Crippen LogP contribution in [-0.4, -0.2) is 24.1 Å². The molecule has 0 aliphatic rings. The maximum atomic E-state index is 10.3. The van der Waals surface area contributed by atoms with E-state index in [4.69, 9.17) is 16.7 Å². The second-order valence-corrected chi connectivity index (χ2v) is 1.56. The van der Waals surface area contributed by atoms with Gasteiger partial charge in [-0.1, -0.05) is 0 Å². The largest absolute Gasteiger partial charge is 0.511 e. The minimum absolute atomic E-state index is 0.0743. The van der Waals surface area contributed by atoms with Crippen LogP contribution in [0, 0.1) is 0 Å². The summed E-state index contributed by atoms with van der Waals surface area (Å²) >= 11 is 5.13. The molecule has 0 aromatic rings. The third kappa shape index (κ3) is 3.85. The summed E-state index contributed by atoms with van der Waals surface area (Å²) in [6.07, 6.45) is 0.924. The number of alkyl halides is 1. The number of aliphatic hydroxyl groups excluding tert-OH is 1. The molecule has 0 fully saturated rings. The molecule has 0 heterocycles. The average Bonchev–Trinajstić information content (AvgIpc) is 1.87. The van der Waals surface area contributed by atoms with E-state index in [0.717, 1.165) is 6.08 Å². The van der Waals surface area contributed by atoms with Gasteiger partial charge in [0.1, 0.15) is 5.76 Å². The zero-order valence-corrected chi connectivity index (χ0v) is 5.68. The van der Waals surface area contributed by atoms with Crippen LogP contribution in [0.5, 0.6) is 0 Å². The van der Waals surface area contributed by atoms with Crippen LogP contribution in [-0.2, 0) is 9.53 Å². The van der Waals surface area contributed by atoms with Crippen LogP contribution >= 0.6 is 11.6 Å². The van der Waals surface area contributed by atoms with E-state index in [2.05, 4.69) is 4.74 Å². The Labute approximate surface area is 57.9 Å². The number of hydrogen-bond donors (Lipinski definition) is 1. The van der Waals surface area contributed by atoms with E-state index >= 15 is 0 Å². The van der Waals surface area contributed by atoms with Crippen molar-refractivity contribution in [1.29, 1.82) is 0 Å². The second-order valence-electron chi connectivity index (χ2n) is 1.29. The van der Waals surface area contributed by atoms with Gasteiger partial charge in [-0.3, -0.25) is 0 Å². The summed E-state index contributed by atoms with van der Waals surface area (Å²) in [4.78, 5) is 10.3. The van der Waals surface area contributed by atoms with Gasteiger partial charge in [-0.15, -0.1) is 11.6 Å². The van der Waals surface area contributed by atoms with Gasteiger partial charge in [-0.25, -0.2) is 4.79 Å². The summed E-state index contributed by atoms with van der Waals surface area (Å²) in [6.45, 7) is 0. The molecule has 1 N–H and O–H groups in total. The van der Waals surface area contributed by atoms with Gasteiger partial charge in [-0.2, -0.15) is 0 Å². The minimum atomic E-state index is -0.604. The quantitative estimate of drug-likeness (QED) is 0.275. The number of esters is 1. The minimum Gasteiger partial charge on any atom is -0.511 e. The Bertz CT molecular complexity index is 130. The lowest BCUT2D eigenvalue weighted by Gasteiger charge is -1.91. The van der Waals surface area contributed by atoms with Gasteiger partial charge in [0.25, 0.3) is 0 Å². The van der Waals surface area contributed by atoms with E-state index in [0.29, 0.717) is 0 Å². The molecule has 0 amide bonds. The van der Waals surface area contributed by atoms with Crippen molar-refractivity contribution in [3.63, 3.8) is 0 Å². The van der Waals surface area contributed by atoms with Crippen LogP contribution in [0.15, 0.2) is 11.8 Å². The number of allylic oxidation sites excluding steroid dienone is 1. The Balaban J connectivity index is 3.79. The van der Waals surface area contributed by atoms with Crippen molar-refractivity contribution in [2.75, 3.05) is 13.0 Å². The fourth-order valence-electron chi connectivity index (χ4n) is 0.234. The number of ether oxygens (including phenoxy) is 1. The Morgan fingerprint density at radius 2 is 2.44 bits per heavy atom. The second kappa shape index (κ2) is 4.21. The highest BCUT2D eigenvalue weighted by Crippen LogP contribution is 1.91. The lowest BCUT2D eigenvalue weighted by Crippen LogP contribution is -1.97. The number of hydrogen-bond acceptors (Lipinski definition) is 3. The molecule has 9 heavy (non-hydrogen) atoms. The van der Waals surface area contributed by atoms with Gasteiger partial charge in [-0.05, 0) is 0 Å². The molecule has 0 radical (unpaired) electrons. The molecule has 0 bridgehead atoms. The zero-order chi connectivity index (χ0) is 7.28. The average molecular weight is 151 g/mol. The van der Waals surface area contributed by atoms with Crippen molar-refractivity contribution in [3.05, 3.63) is 11.8 Å². The van der Waals surface area contributed by atoms with E-state index in [1.165, 1.54) is 7.11 Å². The standard InChI is InChI=1S/C5H7ClO3/c1-9-5(8)2-4(7)3-6/h2,7H,3H2,1H3/b4-2+. The summed E-state index contributed by atoms with van der Waals surface area (Å²) in [6, 6.07) is 0. The summed E-state index contributed by atoms with van der Waals surface area (Å²) in [5.41, 5.74) is 0. The number of carbonyl (C=O) groups excluding carboxylic acids is 1. The molecular weight excluding hydrogens is 144 g/mol. The topological polar surface area (TPSA) is 46.5 Å². The van der Waals surface area contributed by atoms with Crippen molar-refractivity contribution in [3.8, 4) is 0 Å². The molecule has 0 aliphatic carbocycles. The Morgan fingerprint density at radius 3 is 2.78 bits per heavy atom. The van der Waals surface area contributed by atoms with Crippen molar-refractivity contribution in [2.24, 2.45) is 0 Å². The van der Waals surface area contributed by atoms with Gasteiger partial charge in [0.2, 0.25) is 0 Å². The third-order valence-corrected chi connectivity index (χ3v) is 0.896. The first-order valence-corrected chi connectivity index (χ1v) is 2.77. The van der Waals surface area contributed by atoms with E-state index in [-0.39, 0.29) is 11.6 Å². The monoisotopic (exact) mass is 150 g/mol. The number of methoxy groups -OCH3 is 1. The van der Waals surface area contributed by atoms with Gasteiger partial charge in [0.05, 0.1) is 19.1 Å². The van der Waals surface area contributed by atoms with Crippen LogP contribution in [0.1, 0.15) is 0 Å². The highest BCUT2D eigenvalue weighted by atomic mass is 35.5. The summed E-state index contributed by atoms with van der Waals surface area (Å²) in [7, 11) is 1.22. The Hall–Kier alpha value is -0.700. The molecular formula is C5H7ClO3. The predicted molar refractivity (Wildman–Crippen MR) is 33.4 cm³/mol. The zero-order valence-electron chi connectivity index (χ0n) is 4.93. The van der Waals surface area contributed by atoms with Crippen LogP contribution in [0.4, 0.5) is 0 Å². The molecule has 0 aromatic carbocycles. The van der Waals surface area contributed by atoms with Crippen LogP contribution in [0.25, 0.3) is 0 Å². The molecule has 0 spiro atoms. The molecule has 0 rings (SSSR count). The molecule has 0 atom stereocenters. The predicted octanol–water partition coefficient (Wildman–Crippen LogP) is 0.840. The van der Waals surface area contributed by atoms with Gasteiger partial charge in [0.15, 0.2) is 0 Å². The molecule has 0 saturated carbocycles. The highest BCUT2D eigenvalue weighted by Gasteiger charge is 1.95. The molecule has 52 valence electrons. The number of halogens is 1. The molecule has 3 nitrogen and oxygen atoms in total. The number of rotatable bonds is 2. The van der Waals surface area contributed by atoms with E-state index in [1.54, 1.807) is 0 Å². The summed E-state index contributed by atoms with van der Waals surface area (Å²) in [5.74, 6) is -0.869. The van der Waals surface area contributed by atoms with Crippen LogP contribution in [0.3, 0.4) is 0 Å². The van der Waals surface area contributed by atoms with Crippen LogP contribution < -0.4 is 0 Å². The number of carbonyl (C=O) groups is 1. The van der Waals surface area contributed by atoms with Gasteiger partial charge < -0.3 is 9.84 Å². The SMILES string of the molecule is COC(=O)/C=C(/O)CCl. The first kappa shape index (κ1) is 8.30. The highest BCUT2D eigenvalue weighted by molar-refractivity contribution is 6.19. The fraction of sp³-hybridized carbons (Fsp3) is 0.400. The lowest BCUT2D eigenvalue weighted by molar-refractivity contribution is -0.135. The Morgan fingerprint density at radius 1 is 1.89 bits per heavy atom. The van der Waals surface area contributed by atoms with Gasteiger partial charge in [0, 0.05) is 0 Å². The molecule has 0 saturated heterocycles. The smallest absolute Gasteiger partial charge is 0.333 e. The lowest BCUT2D eigenvalue weighted by atomic mass is 10.5. The third-order valence-electron chi connectivity index (χ3n) is 0.623. The fourth-order valence-corrected chi connectivity index (χ4v) is 0.311. The van der Waals surface area contributed by atoms with Crippen molar-refractivity contribution in [1.82, 2.24) is 0 Å². The van der Waals surface area contributed by atoms with Crippen molar-refractivity contribution in [2.45, 2.75) is 0 Å². The molecule has 0 unspecified atom stereocenters. The van der Waals surface area contributed by atoms with Gasteiger partial charge >= 0.3 is 5.97 Å². The van der Waals surface area contributed by atoms with E-state index in [1.807, 2.05) is 0 Å². The molecule has 0 aromatic heterocycles. The normalized spacial score (nSPS) is 11.1. The Kier molecular flexibility index (Phi) is 3.88. The maximum Gasteiger partial charge on any atom is 0.333 e. The summed E-state index contributed by atoms with van der Waals surface area (Å²) < 4.78 is 4.19. The van der Waals surface area contributed by atoms with E-state index in [9.17, 15) is 4.79 Å². The molecule has 4 heteroatoms. The first-order valence-electron chi connectivity index (χ1n) is 2.24.